The fraction of sp³-hybridized carbons (Fsp3) is 0.636. The van der Waals surface area contributed by atoms with Gasteiger partial charge in [-0.1, -0.05) is 77.8 Å². The summed E-state index contributed by atoms with van der Waals surface area (Å²) in [6.45, 7) is 14.1. The Morgan fingerprint density at radius 3 is 1.08 bits per heavy atom. The average molecular weight is 417 g/mol. The molecule has 0 atom stereocenters. The molecule has 0 fully saturated rings. The van der Waals surface area contributed by atoms with Crippen molar-refractivity contribution in [1.29, 1.82) is 0 Å². The summed E-state index contributed by atoms with van der Waals surface area (Å²) in [4.78, 5) is 0. The van der Waals surface area contributed by atoms with Gasteiger partial charge in [-0.3, -0.25) is 12.2 Å². The van der Waals surface area contributed by atoms with Gasteiger partial charge in [0.05, 0.1) is 0 Å². The van der Waals surface area contributed by atoms with Gasteiger partial charge in [0.2, 0.25) is 0 Å². The summed E-state index contributed by atoms with van der Waals surface area (Å²) in [7, 11) is -2.13. The van der Waals surface area contributed by atoms with Gasteiger partial charge in [-0.15, -0.1) is 12.8 Å². The normalized spacial score (nSPS) is 16.1. The Hall–Kier alpha value is -0.113. The molecule has 144 valence electrons. The minimum absolute atomic E-state index is 0. The van der Waals surface area contributed by atoms with E-state index in [1.807, 2.05) is 0 Å². The number of hydrogen-bond acceptors (Lipinski definition) is 0. The van der Waals surface area contributed by atoms with E-state index in [4.69, 9.17) is 0 Å². The molecule has 0 nitrogen and oxygen atoms in total. The van der Waals surface area contributed by atoms with E-state index in [1.54, 1.807) is 10.4 Å². The average Bonchev–Trinajstić information content (AvgIpc) is 3.34. The summed E-state index contributed by atoms with van der Waals surface area (Å²) in [5.74, 6) is 0. The predicted molar refractivity (Wildman–Crippen MR) is 115 cm³/mol. The molecule has 0 aromatic carbocycles. The van der Waals surface area contributed by atoms with Gasteiger partial charge in [-0.25, -0.2) is 22.5 Å². The third-order valence-electron chi connectivity index (χ3n) is 6.59. The predicted octanol–water partition coefficient (Wildman–Crippen LogP) is 7.44. The van der Waals surface area contributed by atoms with Gasteiger partial charge in [0, 0.05) is 16.1 Å². The minimum Gasteiger partial charge on any atom is -0.274 e. The standard InChI is InChI=1S/2C11H19Si.Ni/c2*1-4-12(5-2,6-3)11-9-7-8-10-11;/h2*7,9H,4-6,8H2,1-3H3;/q2*-1;+2. The van der Waals surface area contributed by atoms with Crippen LogP contribution in [-0.4, -0.2) is 16.1 Å². The van der Waals surface area contributed by atoms with Gasteiger partial charge in [0.1, 0.15) is 0 Å². The fourth-order valence-electron chi connectivity index (χ4n) is 4.18. The molecule has 0 saturated heterocycles. The molecule has 2 aliphatic rings. The van der Waals surface area contributed by atoms with Gasteiger partial charge in [0.25, 0.3) is 0 Å². The van der Waals surface area contributed by atoms with E-state index >= 15 is 0 Å². The van der Waals surface area contributed by atoms with Crippen molar-refractivity contribution in [2.45, 2.75) is 90.6 Å². The van der Waals surface area contributed by atoms with Crippen molar-refractivity contribution in [3.63, 3.8) is 0 Å². The molecule has 0 aromatic rings. The number of hydrogen-bond donors (Lipinski definition) is 0. The maximum absolute atomic E-state index is 3.52. The topological polar surface area (TPSA) is 0 Å². The second-order valence-electron chi connectivity index (χ2n) is 7.08. The Bertz CT molecular complexity index is 430. The summed E-state index contributed by atoms with van der Waals surface area (Å²) < 4.78 is 0. The Morgan fingerprint density at radius 2 is 0.920 bits per heavy atom. The largest absolute Gasteiger partial charge is 2.00 e. The maximum Gasteiger partial charge on any atom is 2.00 e. The van der Waals surface area contributed by atoms with Crippen molar-refractivity contribution in [3.8, 4) is 0 Å². The summed E-state index contributed by atoms with van der Waals surface area (Å²) >= 11 is 0. The van der Waals surface area contributed by atoms with Crippen LogP contribution in [0.25, 0.3) is 0 Å². The van der Waals surface area contributed by atoms with Crippen molar-refractivity contribution in [3.05, 3.63) is 46.8 Å². The van der Waals surface area contributed by atoms with Crippen molar-refractivity contribution >= 4 is 16.1 Å². The number of allylic oxidation sites excluding steroid dienone is 8. The van der Waals surface area contributed by atoms with Gasteiger partial charge >= 0.3 is 16.5 Å². The Kier molecular flexibility index (Phi) is 12.3. The zero-order chi connectivity index (χ0) is 18.1. The van der Waals surface area contributed by atoms with Crippen molar-refractivity contribution in [2.75, 3.05) is 0 Å². The van der Waals surface area contributed by atoms with E-state index in [2.05, 4.69) is 78.0 Å². The smallest absolute Gasteiger partial charge is 0.274 e. The van der Waals surface area contributed by atoms with Gasteiger partial charge in [-0.2, -0.15) is 12.2 Å². The first-order valence-electron chi connectivity index (χ1n) is 10.1. The van der Waals surface area contributed by atoms with Crippen LogP contribution in [-0.2, 0) is 16.5 Å². The SMILES string of the molecule is CC[Si](CC)(CC)C1=[C-]CC=C1.CC[Si](CC)(CC)C1=[C-]CC=C1.[Ni+2]. The molecular weight excluding hydrogens is 379 g/mol. The summed E-state index contributed by atoms with van der Waals surface area (Å²) in [6, 6.07) is 8.29. The molecule has 25 heavy (non-hydrogen) atoms. The Morgan fingerprint density at radius 1 is 0.640 bits per heavy atom. The molecule has 2 aliphatic carbocycles. The molecule has 0 aliphatic heterocycles. The van der Waals surface area contributed by atoms with E-state index in [9.17, 15) is 0 Å². The van der Waals surface area contributed by atoms with Crippen LogP contribution in [0, 0.1) is 12.2 Å². The van der Waals surface area contributed by atoms with Crippen LogP contribution in [0.2, 0.25) is 36.3 Å². The summed E-state index contributed by atoms with van der Waals surface area (Å²) in [5, 5.41) is 3.19. The van der Waals surface area contributed by atoms with Gasteiger partial charge in [0.15, 0.2) is 0 Å². The van der Waals surface area contributed by atoms with Crippen LogP contribution in [0.1, 0.15) is 54.4 Å². The molecule has 2 rings (SSSR count). The van der Waals surface area contributed by atoms with Crippen molar-refractivity contribution < 1.29 is 16.5 Å². The molecule has 0 N–H and O–H groups in total. The molecule has 0 aromatic heterocycles. The third kappa shape index (κ3) is 5.94. The Balaban J connectivity index is 0.000000443. The quantitative estimate of drug-likeness (QED) is 0.284. The first-order chi connectivity index (χ1) is 11.6. The molecule has 3 heteroatoms. The molecule has 0 bridgehead atoms. The van der Waals surface area contributed by atoms with Crippen LogP contribution >= 0.6 is 0 Å². The maximum atomic E-state index is 3.52. The van der Waals surface area contributed by atoms with Crippen LogP contribution in [0.4, 0.5) is 0 Å². The van der Waals surface area contributed by atoms with E-state index < -0.39 is 16.1 Å². The van der Waals surface area contributed by atoms with Crippen LogP contribution < -0.4 is 0 Å². The fourth-order valence-corrected chi connectivity index (χ4v) is 11.4. The zero-order valence-corrected chi connectivity index (χ0v) is 20.3. The first-order valence-corrected chi connectivity index (χ1v) is 15.4. The molecule has 0 saturated carbocycles. The van der Waals surface area contributed by atoms with Gasteiger partial charge < -0.3 is 0 Å². The summed E-state index contributed by atoms with van der Waals surface area (Å²) in [6.07, 6.45) is 18.3. The van der Waals surface area contributed by atoms with Crippen LogP contribution in [0.3, 0.4) is 0 Å². The van der Waals surface area contributed by atoms with Crippen LogP contribution in [0.5, 0.6) is 0 Å². The second-order valence-corrected chi connectivity index (χ2v) is 17.5. The monoisotopic (exact) mass is 416 g/mol. The van der Waals surface area contributed by atoms with E-state index in [1.165, 1.54) is 36.3 Å². The molecular formula is C22H38NiSi2. The molecule has 0 spiro atoms. The van der Waals surface area contributed by atoms with Crippen LogP contribution in [0.15, 0.2) is 34.7 Å². The molecule has 0 heterocycles. The second kappa shape index (κ2) is 12.3. The molecule has 0 amide bonds. The van der Waals surface area contributed by atoms with E-state index in [0.717, 1.165) is 12.8 Å². The van der Waals surface area contributed by atoms with E-state index in [0.29, 0.717) is 0 Å². The number of rotatable bonds is 8. The Labute approximate surface area is 169 Å². The summed E-state index contributed by atoms with van der Waals surface area (Å²) in [5.41, 5.74) is 0. The zero-order valence-electron chi connectivity index (χ0n) is 17.3. The van der Waals surface area contributed by atoms with E-state index in [-0.39, 0.29) is 16.5 Å². The molecule has 0 unspecified atom stereocenters. The third-order valence-corrected chi connectivity index (χ3v) is 17.7. The van der Waals surface area contributed by atoms with Crippen molar-refractivity contribution in [2.24, 2.45) is 0 Å². The first kappa shape index (κ1) is 24.9. The minimum atomic E-state index is -1.07. The van der Waals surface area contributed by atoms with Gasteiger partial charge in [-0.05, 0) is 0 Å². The molecule has 0 radical (unpaired) electrons. The van der Waals surface area contributed by atoms with Crippen molar-refractivity contribution in [1.82, 2.24) is 0 Å².